The van der Waals surface area contributed by atoms with Crippen molar-refractivity contribution in [1.82, 2.24) is 9.21 Å². The Morgan fingerprint density at radius 3 is 2.37 bits per heavy atom. The molecule has 1 N–H and O–H groups in total. The summed E-state index contributed by atoms with van der Waals surface area (Å²) in [6.07, 6.45) is 4.37. The summed E-state index contributed by atoms with van der Waals surface area (Å²) in [5, 5.41) is 9.96. The van der Waals surface area contributed by atoms with Gasteiger partial charge in [0.2, 0.25) is 15.9 Å². The zero-order valence-electron chi connectivity index (χ0n) is 16.1. The van der Waals surface area contributed by atoms with Crippen molar-refractivity contribution in [2.45, 2.75) is 44.7 Å². The molecular formula is C20H28N2O4S. The van der Waals surface area contributed by atoms with Gasteiger partial charge in [0.1, 0.15) is 0 Å². The molecule has 0 unspecified atom stereocenters. The lowest BCUT2D eigenvalue weighted by molar-refractivity contribution is -0.167. The van der Waals surface area contributed by atoms with E-state index in [9.17, 15) is 18.3 Å². The van der Waals surface area contributed by atoms with Crippen LogP contribution in [0, 0.1) is 0 Å². The van der Waals surface area contributed by atoms with E-state index >= 15 is 0 Å². The highest BCUT2D eigenvalue weighted by molar-refractivity contribution is 7.89. The minimum atomic E-state index is -3.48. The summed E-state index contributed by atoms with van der Waals surface area (Å²) in [4.78, 5) is 13.8. The van der Waals surface area contributed by atoms with Crippen LogP contribution in [0.2, 0.25) is 0 Å². The molecule has 0 bridgehead atoms. The summed E-state index contributed by atoms with van der Waals surface area (Å²) in [6.45, 7) is 5.92. The third kappa shape index (κ3) is 3.11. The van der Waals surface area contributed by atoms with Crippen LogP contribution in [-0.4, -0.2) is 65.7 Å². The number of hydrogen-bond acceptors (Lipinski definition) is 4. The summed E-state index contributed by atoms with van der Waals surface area (Å²) < 4.78 is 26.9. The minimum Gasteiger partial charge on any atom is -0.395 e. The second-order valence-electron chi connectivity index (χ2n) is 7.30. The lowest BCUT2D eigenvalue weighted by Crippen LogP contribution is -2.85. The van der Waals surface area contributed by atoms with Crippen molar-refractivity contribution in [1.29, 1.82) is 0 Å². The molecule has 2 saturated heterocycles. The van der Waals surface area contributed by atoms with Crippen molar-refractivity contribution in [3.63, 3.8) is 0 Å². The van der Waals surface area contributed by atoms with E-state index in [1.165, 1.54) is 4.31 Å². The number of carbonyl (C=O) groups excluding carboxylic acids is 1. The van der Waals surface area contributed by atoms with E-state index in [2.05, 4.69) is 0 Å². The van der Waals surface area contributed by atoms with E-state index in [0.29, 0.717) is 19.5 Å². The number of carbonyl (C=O) groups is 1. The molecule has 1 amide bonds. The fourth-order valence-corrected chi connectivity index (χ4v) is 6.23. The maximum atomic E-state index is 12.7. The van der Waals surface area contributed by atoms with Crippen molar-refractivity contribution in [3.05, 3.63) is 41.5 Å². The Kier molecular flexibility index (Phi) is 5.47. The summed E-state index contributed by atoms with van der Waals surface area (Å²) in [6, 6.07) is 7.53. The SMILES string of the molecule is C/C=C/c1ccc([C@H]2[C@H](CO)N(S(=O)(=O)CC)C23CN(C(=O)CC)C3)cc1. The summed E-state index contributed by atoms with van der Waals surface area (Å²) in [5.41, 5.74) is 1.44. The predicted molar refractivity (Wildman–Crippen MR) is 106 cm³/mol. The van der Waals surface area contributed by atoms with Crippen molar-refractivity contribution in [2.75, 3.05) is 25.4 Å². The average molecular weight is 393 g/mol. The fourth-order valence-electron chi connectivity index (χ4n) is 4.57. The molecule has 7 heteroatoms. The fraction of sp³-hybridized carbons (Fsp3) is 0.550. The molecule has 0 radical (unpaired) electrons. The van der Waals surface area contributed by atoms with Crippen LogP contribution in [0.15, 0.2) is 30.3 Å². The molecular weight excluding hydrogens is 364 g/mol. The minimum absolute atomic E-state index is 0.0140. The number of allylic oxidation sites excluding steroid dienone is 1. The van der Waals surface area contributed by atoms with Gasteiger partial charge in [0, 0.05) is 25.4 Å². The Balaban J connectivity index is 1.97. The number of rotatable bonds is 6. The quantitative estimate of drug-likeness (QED) is 0.801. The molecule has 3 rings (SSSR count). The highest BCUT2D eigenvalue weighted by Crippen LogP contribution is 2.55. The van der Waals surface area contributed by atoms with Crippen molar-refractivity contribution in [3.8, 4) is 0 Å². The first kappa shape index (κ1) is 20.0. The van der Waals surface area contributed by atoms with Gasteiger partial charge in [-0.25, -0.2) is 8.42 Å². The van der Waals surface area contributed by atoms with Crippen molar-refractivity contribution >= 4 is 22.0 Å². The molecule has 1 aromatic carbocycles. The van der Waals surface area contributed by atoms with Gasteiger partial charge in [-0.15, -0.1) is 0 Å². The number of nitrogens with zero attached hydrogens (tertiary/aromatic N) is 2. The van der Waals surface area contributed by atoms with E-state index in [4.69, 9.17) is 0 Å². The monoisotopic (exact) mass is 392 g/mol. The number of sulfonamides is 1. The van der Waals surface area contributed by atoms with Crippen molar-refractivity contribution in [2.24, 2.45) is 0 Å². The van der Waals surface area contributed by atoms with E-state index in [0.717, 1.165) is 11.1 Å². The van der Waals surface area contributed by atoms with E-state index in [-0.39, 0.29) is 24.2 Å². The van der Waals surface area contributed by atoms with E-state index < -0.39 is 21.6 Å². The molecule has 1 aromatic rings. The highest BCUT2D eigenvalue weighted by atomic mass is 32.2. The second kappa shape index (κ2) is 7.37. The normalized spacial score (nSPS) is 24.8. The molecule has 2 aliphatic rings. The second-order valence-corrected chi connectivity index (χ2v) is 9.43. The topological polar surface area (TPSA) is 77.9 Å². The number of aliphatic hydroxyl groups is 1. The molecule has 2 heterocycles. The average Bonchev–Trinajstić information content (AvgIpc) is 2.61. The van der Waals surface area contributed by atoms with Crippen molar-refractivity contribution < 1.29 is 18.3 Å². The largest absolute Gasteiger partial charge is 0.395 e. The van der Waals surface area contributed by atoms with Crippen LogP contribution in [0.5, 0.6) is 0 Å². The molecule has 0 aliphatic carbocycles. The number of hydrogen-bond donors (Lipinski definition) is 1. The Bertz CT molecular complexity index is 826. The van der Waals surface area contributed by atoms with Gasteiger partial charge in [-0.2, -0.15) is 4.31 Å². The maximum Gasteiger partial charge on any atom is 0.222 e. The van der Waals surface area contributed by atoms with Gasteiger partial charge in [-0.3, -0.25) is 4.79 Å². The first-order valence-electron chi connectivity index (χ1n) is 9.48. The van der Waals surface area contributed by atoms with Gasteiger partial charge in [-0.1, -0.05) is 43.3 Å². The standard InChI is InChI=1S/C20H28N2O4S/c1-4-7-15-8-10-16(11-9-15)19-17(12-23)22(27(25,26)6-3)20(19)13-21(14-20)18(24)5-2/h4,7-11,17,19,23H,5-6,12-14H2,1-3H3/b7-4+/t17-,19-/m0/s1. The summed E-state index contributed by atoms with van der Waals surface area (Å²) in [5.74, 6) is -0.103. The number of amides is 1. The smallest absolute Gasteiger partial charge is 0.222 e. The van der Waals surface area contributed by atoms with Crippen LogP contribution in [-0.2, 0) is 14.8 Å². The summed E-state index contributed by atoms with van der Waals surface area (Å²) >= 11 is 0. The molecule has 27 heavy (non-hydrogen) atoms. The molecule has 2 atom stereocenters. The Morgan fingerprint density at radius 2 is 1.89 bits per heavy atom. The molecule has 0 saturated carbocycles. The van der Waals surface area contributed by atoms with E-state index in [1.54, 1.807) is 11.8 Å². The zero-order valence-corrected chi connectivity index (χ0v) is 16.9. The Hall–Kier alpha value is -1.70. The predicted octanol–water partition coefficient (Wildman–Crippen LogP) is 1.82. The number of benzene rings is 1. The zero-order chi connectivity index (χ0) is 19.8. The van der Waals surface area contributed by atoms with Crippen LogP contribution < -0.4 is 0 Å². The van der Waals surface area contributed by atoms with Gasteiger partial charge in [0.25, 0.3) is 0 Å². The van der Waals surface area contributed by atoms with Gasteiger partial charge < -0.3 is 10.0 Å². The number of likely N-dealkylation sites (tertiary alicyclic amines) is 1. The van der Waals surface area contributed by atoms with Crippen LogP contribution >= 0.6 is 0 Å². The molecule has 2 fully saturated rings. The van der Waals surface area contributed by atoms with Gasteiger partial charge in [0.05, 0.1) is 23.9 Å². The highest BCUT2D eigenvalue weighted by Gasteiger charge is 2.69. The lowest BCUT2D eigenvalue weighted by Gasteiger charge is -2.69. The van der Waals surface area contributed by atoms with Gasteiger partial charge in [-0.05, 0) is 25.0 Å². The maximum absolute atomic E-state index is 12.7. The molecule has 1 spiro atoms. The third-order valence-corrected chi connectivity index (χ3v) is 7.76. The van der Waals surface area contributed by atoms with Gasteiger partial charge in [0.15, 0.2) is 0 Å². The van der Waals surface area contributed by atoms with Crippen LogP contribution in [0.25, 0.3) is 6.08 Å². The van der Waals surface area contributed by atoms with E-state index in [1.807, 2.05) is 50.3 Å². The lowest BCUT2D eigenvalue weighted by atomic mass is 9.62. The number of aliphatic hydroxyl groups excluding tert-OH is 1. The molecule has 0 aromatic heterocycles. The van der Waals surface area contributed by atoms with Crippen LogP contribution in [0.3, 0.4) is 0 Å². The van der Waals surface area contributed by atoms with Crippen LogP contribution in [0.1, 0.15) is 44.2 Å². The first-order chi connectivity index (χ1) is 12.8. The van der Waals surface area contributed by atoms with Crippen LogP contribution in [0.4, 0.5) is 0 Å². The Morgan fingerprint density at radius 1 is 1.26 bits per heavy atom. The third-order valence-electron chi connectivity index (χ3n) is 5.79. The van der Waals surface area contributed by atoms with Gasteiger partial charge >= 0.3 is 0 Å². The Labute approximate surface area is 161 Å². The molecule has 2 aliphatic heterocycles. The molecule has 6 nitrogen and oxygen atoms in total. The first-order valence-corrected chi connectivity index (χ1v) is 11.1. The summed E-state index contributed by atoms with van der Waals surface area (Å²) in [7, 11) is -3.48. The molecule has 148 valence electrons.